The van der Waals surface area contributed by atoms with Gasteiger partial charge in [0.05, 0.1) is 23.8 Å². The second kappa shape index (κ2) is 13.0. The Kier molecular flexibility index (Phi) is 9.84. The Bertz CT molecular complexity index is 997. The number of hydrogen-bond donors (Lipinski definition) is 0. The number of benzene rings is 2. The fraction of sp³-hybridized carbons (Fsp3) is 0.481. The Morgan fingerprint density at radius 1 is 1.00 bits per heavy atom. The fourth-order valence-electron chi connectivity index (χ4n) is 4.02. The zero-order chi connectivity index (χ0) is 24.3. The standard InChI is InChI=1S/C27H31F2NO4/c1-2-3-4-5-14-32-21-9-6-19(7-10-21)18-33-22-12-13-24(26(29)15-22)27(31)34-23-11-8-20(17-30)25(28)16-23/h8,11-13,15-16,19,21H,2-7,9-10,14,18H2,1H3. The summed E-state index contributed by atoms with van der Waals surface area (Å²) in [6.45, 7) is 3.51. The number of esters is 1. The molecule has 34 heavy (non-hydrogen) atoms. The van der Waals surface area contributed by atoms with E-state index in [0.717, 1.165) is 50.8 Å². The Hall–Kier alpha value is -2.98. The lowest BCUT2D eigenvalue weighted by Gasteiger charge is -2.28. The normalized spacial score (nSPS) is 17.7. The highest BCUT2D eigenvalue weighted by Crippen LogP contribution is 2.28. The van der Waals surface area contributed by atoms with Gasteiger partial charge in [0.15, 0.2) is 0 Å². The zero-order valence-corrected chi connectivity index (χ0v) is 19.5. The molecule has 0 radical (unpaired) electrons. The molecule has 0 amide bonds. The third-order valence-corrected chi connectivity index (χ3v) is 6.06. The van der Waals surface area contributed by atoms with Gasteiger partial charge in [0.25, 0.3) is 0 Å². The first kappa shape index (κ1) is 25.6. The van der Waals surface area contributed by atoms with Crippen molar-refractivity contribution in [1.29, 1.82) is 5.26 Å². The van der Waals surface area contributed by atoms with Gasteiger partial charge < -0.3 is 14.2 Å². The van der Waals surface area contributed by atoms with Gasteiger partial charge in [-0.2, -0.15) is 5.26 Å². The number of rotatable bonds is 11. The Labute approximate surface area is 199 Å². The van der Waals surface area contributed by atoms with Crippen LogP contribution in [0.2, 0.25) is 0 Å². The van der Waals surface area contributed by atoms with E-state index in [1.165, 1.54) is 43.5 Å². The maximum atomic E-state index is 14.5. The molecular weight excluding hydrogens is 440 g/mol. The number of carbonyl (C=O) groups excluding carboxylic acids is 1. The van der Waals surface area contributed by atoms with Gasteiger partial charge in [-0.3, -0.25) is 0 Å². The third kappa shape index (κ3) is 7.53. The van der Waals surface area contributed by atoms with Crippen molar-refractivity contribution in [2.24, 2.45) is 5.92 Å². The molecule has 182 valence electrons. The number of ether oxygens (including phenoxy) is 3. The molecule has 3 rings (SSSR count). The molecule has 0 N–H and O–H groups in total. The van der Waals surface area contributed by atoms with Crippen LogP contribution in [0.3, 0.4) is 0 Å². The van der Waals surface area contributed by atoms with E-state index in [1.807, 2.05) is 0 Å². The van der Waals surface area contributed by atoms with Crippen LogP contribution in [0.5, 0.6) is 11.5 Å². The number of unbranched alkanes of at least 4 members (excludes halogenated alkanes) is 3. The van der Waals surface area contributed by atoms with E-state index in [2.05, 4.69) is 6.92 Å². The SMILES string of the molecule is CCCCCCOC1CCC(COc2ccc(C(=O)Oc3ccc(C#N)c(F)c3)c(F)c2)CC1. The molecule has 0 atom stereocenters. The molecule has 0 unspecified atom stereocenters. The van der Waals surface area contributed by atoms with Crippen LogP contribution in [0, 0.1) is 28.9 Å². The van der Waals surface area contributed by atoms with Crippen LogP contribution in [0.4, 0.5) is 8.78 Å². The Balaban J connectivity index is 1.43. The van der Waals surface area contributed by atoms with Crippen molar-refractivity contribution in [2.45, 2.75) is 64.4 Å². The molecular formula is C27H31F2NO4. The van der Waals surface area contributed by atoms with Crippen LogP contribution < -0.4 is 9.47 Å². The monoisotopic (exact) mass is 471 g/mol. The molecule has 7 heteroatoms. The van der Waals surface area contributed by atoms with E-state index >= 15 is 0 Å². The summed E-state index contributed by atoms with van der Waals surface area (Å²) in [5.74, 6) is -1.93. The lowest BCUT2D eigenvalue weighted by Crippen LogP contribution is -2.25. The maximum absolute atomic E-state index is 14.5. The summed E-state index contributed by atoms with van der Waals surface area (Å²) < 4.78 is 45.0. The molecule has 0 aromatic heterocycles. The number of halogens is 2. The van der Waals surface area contributed by atoms with Gasteiger partial charge in [-0.05, 0) is 62.3 Å². The summed E-state index contributed by atoms with van der Waals surface area (Å²) in [5, 5.41) is 8.76. The smallest absolute Gasteiger partial charge is 0.346 e. The highest BCUT2D eigenvalue weighted by molar-refractivity contribution is 5.91. The number of nitriles is 1. The highest BCUT2D eigenvalue weighted by atomic mass is 19.1. The molecule has 1 aliphatic carbocycles. The Morgan fingerprint density at radius 2 is 1.74 bits per heavy atom. The predicted octanol–water partition coefficient (Wildman–Crippen LogP) is 6.59. The van der Waals surface area contributed by atoms with Crippen LogP contribution >= 0.6 is 0 Å². The van der Waals surface area contributed by atoms with Crippen LogP contribution in [-0.2, 0) is 4.74 Å². The van der Waals surface area contributed by atoms with Gasteiger partial charge in [-0.25, -0.2) is 13.6 Å². The van der Waals surface area contributed by atoms with Crippen molar-refractivity contribution in [3.05, 3.63) is 59.2 Å². The molecule has 1 fully saturated rings. The summed E-state index contributed by atoms with van der Waals surface area (Å²) >= 11 is 0. The molecule has 2 aromatic carbocycles. The number of carbonyl (C=O) groups is 1. The molecule has 0 saturated heterocycles. The van der Waals surface area contributed by atoms with E-state index in [0.29, 0.717) is 24.4 Å². The van der Waals surface area contributed by atoms with Gasteiger partial charge >= 0.3 is 5.97 Å². The van der Waals surface area contributed by atoms with Gasteiger partial charge in [0.1, 0.15) is 29.2 Å². The lowest BCUT2D eigenvalue weighted by atomic mass is 9.88. The van der Waals surface area contributed by atoms with Crippen molar-refractivity contribution in [1.82, 2.24) is 0 Å². The van der Waals surface area contributed by atoms with E-state index in [-0.39, 0.29) is 16.9 Å². The van der Waals surface area contributed by atoms with Gasteiger partial charge in [0, 0.05) is 18.7 Å². The molecule has 0 aliphatic heterocycles. The zero-order valence-electron chi connectivity index (χ0n) is 19.5. The quantitative estimate of drug-likeness (QED) is 0.210. The van der Waals surface area contributed by atoms with Crippen LogP contribution in [0.25, 0.3) is 0 Å². The molecule has 1 saturated carbocycles. The molecule has 5 nitrogen and oxygen atoms in total. The van der Waals surface area contributed by atoms with Crippen molar-refractivity contribution in [3.8, 4) is 17.6 Å². The first-order valence-corrected chi connectivity index (χ1v) is 12.0. The van der Waals surface area contributed by atoms with Gasteiger partial charge in [0.2, 0.25) is 0 Å². The van der Waals surface area contributed by atoms with Crippen molar-refractivity contribution in [2.75, 3.05) is 13.2 Å². The summed E-state index contributed by atoms with van der Waals surface area (Å²) in [6.07, 6.45) is 9.19. The third-order valence-electron chi connectivity index (χ3n) is 6.06. The van der Waals surface area contributed by atoms with Crippen molar-refractivity contribution in [3.63, 3.8) is 0 Å². The number of nitrogens with zero attached hydrogens (tertiary/aromatic N) is 1. The summed E-state index contributed by atoms with van der Waals surface area (Å²) in [5.41, 5.74) is -0.454. The summed E-state index contributed by atoms with van der Waals surface area (Å²) in [6, 6.07) is 9.03. The molecule has 0 spiro atoms. The lowest BCUT2D eigenvalue weighted by molar-refractivity contribution is 0.0111. The van der Waals surface area contributed by atoms with E-state index in [9.17, 15) is 13.6 Å². The summed E-state index contributed by atoms with van der Waals surface area (Å²) in [4.78, 5) is 12.3. The van der Waals surface area contributed by atoms with E-state index < -0.39 is 17.6 Å². The minimum atomic E-state index is -0.957. The molecule has 1 aliphatic rings. The minimum Gasteiger partial charge on any atom is -0.493 e. The predicted molar refractivity (Wildman–Crippen MR) is 124 cm³/mol. The first-order chi connectivity index (χ1) is 16.5. The average Bonchev–Trinajstić information content (AvgIpc) is 2.83. The second-order valence-electron chi connectivity index (χ2n) is 8.67. The second-order valence-corrected chi connectivity index (χ2v) is 8.67. The minimum absolute atomic E-state index is 0.109. The molecule has 0 bridgehead atoms. The number of hydrogen-bond acceptors (Lipinski definition) is 5. The van der Waals surface area contributed by atoms with Crippen LogP contribution in [0.15, 0.2) is 36.4 Å². The van der Waals surface area contributed by atoms with Crippen LogP contribution in [-0.4, -0.2) is 25.3 Å². The molecule has 0 heterocycles. The van der Waals surface area contributed by atoms with Gasteiger partial charge in [-0.1, -0.05) is 26.2 Å². The van der Waals surface area contributed by atoms with E-state index in [1.54, 1.807) is 6.07 Å². The maximum Gasteiger partial charge on any atom is 0.346 e. The van der Waals surface area contributed by atoms with Crippen molar-refractivity contribution >= 4 is 5.97 Å². The highest BCUT2D eigenvalue weighted by Gasteiger charge is 2.22. The Morgan fingerprint density at radius 3 is 2.41 bits per heavy atom. The largest absolute Gasteiger partial charge is 0.493 e. The van der Waals surface area contributed by atoms with Gasteiger partial charge in [-0.15, -0.1) is 0 Å². The first-order valence-electron chi connectivity index (χ1n) is 12.0. The van der Waals surface area contributed by atoms with Crippen LogP contribution in [0.1, 0.15) is 74.2 Å². The summed E-state index contributed by atoms with van der Waals surface area (Å²) in [7, 11) is 0. The van der Waals surface area contributed by atoms with E-state index in [4.69, 9.17) is 19.5 Å². The topological polar surface area (TPSA) is 68.6 Å². The molecule has 2 aromatic rings. The fourth-order valence-corrected chi connectivity index (χ4v) is 4.02. The van der Waals surface area contributed by atoms with Crippen molar-refractivity contribution < 1.29 is 27.8 Å². The average molecular weight is 472 g/mol.